The van der Waals surface area contributed by atoms with Crippen molar-refractivity contribution in [3.05, 3.63) is 73.3 Å². The van der Waals surface area contributed by atoms with Crippen LogP contribution in [0.25, 0.3) is 10.2 Å². The molecule has 1 aliphatic heterocycles. The van der Waals surface area contributed by atoms with Crippen molar-refractivity contribution in [3.63, 3.8) is 0 Å². The Balaban J connectivity index is 1.42. The van der Waals surface area contributed by atoms with Gasteiger partial charge in [-0.2, -0.15) is 4.31 Å². The highest BCUT2D eigenvalue weighted by Gasteiger charge is 2.26. The van der Waals surface area contributed by atoms with Gasteiger partial charge in [0, 0.05) is 44.8 Å². The molecule has 1 amide bonds. The van der Waals surface area contributed by atoms with Crippen molar-refractivity contribution in [1.82, 2.24) is 14.2 Å². The Labute approximate surface area is 216 Å². The summed E-state index contributed by atoms with van der Waals surface area (Å²) in [7, 11) is -3.70. The number of carbonyl (C=O) groups is 1. The fourth-order valence-corrected chi connectivity index (χ4v) is 6.50. The number of hydrogen-bond donors (Lipinski definition) is 0. The number of anilines is 1. The minimum absolute atomic E-state index is 0.115. The van der Waals surface area contributed by atoms with Crippen molar-refractivity contribution < 1.29 is 17.9 Å². The lowest BCUT2D eigenvalue weighted by atomic mass is 10.2. The van der Waals surface area contributed by atoms with Gasteiger partial charge in [0.05, 0.1) is 16.2 Å². The fraction of sp³-hybridized carbons (Fsp3) is 0.308. The van der Waals surface area contributed by atoms with Crippen molar-refractivity contribution >= 4 is 42.6 Å². The Bertz CT molecular complexity index is 1330. The molecule has 1 aromatic heterocycles. The molecule has 0 N–H and O–H groups in total. The number of hydrogen-bond acceptors (Lipinski definition) is 7. The largest absolute Gasteiger partial charge is 0.492 e. The number of nitrogens with zero attached hydrogens (tertiary/aromatic N) is 4. The van der Waals surface area contributed by atoms with Crippen LogP contribution in [0.4, 0.5) is 5.13 Å². The molecule has 0 atom stereocenters. The van der Waals surface area contributed by atoms with Crippen molar-refractivity contribution in [2.75, 3.05) is 50.8 Å². The van der Waals surface area contributed by atoms with Gasteiger partial charge in [-0.25, -0.2) is 13.4 Å². The topological polar surface area (TPSA) is 83.1 Å². The predicted molar refractivity (Wildman–Crippen MR) is 145 cm³/mol. The van der Waals surface area contributed by atoms with Gasteiger partial charge >= 0.3 is 0 Å². The van der Waals surface area contributed by atoms with Gasteiger partial charge in [-0.3, -0.25) is 4.79 Å². The maximum Gasteiger partial charge on any atom is 0.253 e. The zero-order valence-electron chi connectivity index (χ0n) is 20.3. The molecule has 0 saturated carbocycles. The molecular weight excluding hydrogens is 496 g/mol. The van der Waals surface area contributed by atoms with E-state index in [1.54, 1.807) is 28.4 Å². The first-order valence-electron chi connectivity index (χ1n) is 11.8. The van der Waals surface area contributed by atoms with E-state index in [-0.39, 0.29) is 23.9 Å². The average Bonchev–Trinajstić information content (AvgIpc) is 3.34. The molecule has 1 fully saturated rings. The van der Waals surface area contributed by atoms with Crippen LogP contribution < -0.4 is 9.64 Å². The van der Waals surface area contributed by atoms with Gasteiger partial charge in [-0.1, -0.05) is 29.6 Å². The van der Waals surface area contributed by atoms with Gasteiger partial charge in [0.2, 0.25) is 10.0 Å². The van der Waals surface area contributed by atoms with E-state index in [0.717, 1.165) is 21.1 Å². The van der Waals surface area contributed by atoms with E-state index in [1.807, 2.05) is 25.1 Å². The van der Waals surface area contributed by atoms with E-state index < -0.39 is 10.0 Å². The first kappa shape index (κ1) is 25.9. The zero-order valence-corrected chi connectivity index (χ0v) is 21.9. The Hall–Kier alpha value is -3.21. The maximum absolute atomic E-state index is 13.1. The Morgan fingerprint density at radius 1 is 1.08 bits per heavy atom. The monoisotopic (exact) mass is 526 g/mol. The van der Waals surface area contributed by atoms with Crippen LogP contribution in [-0.4, -0.2) is 74.4 Å². The summed E-state index contributed by atoms with van der Waals surface area (Å²) in [5.41, 5.74) is 1.33. The lowest BCUT2D eigenvalue weighted by Crippen LogP contribution is -2.48. The van der Waals surface area contributed by atoms with Crippen LogP contribution in [0.1, 0.15) is 17.3 Å². The molecule has 2 heterocycles. The molecule has 1 saturated heterocycles. The third-order valence-corrected chi connectivity index (χ3v) is 8.84. The normalized spacial score (nSPS) is 14.3. The SMILES string of the molecule is C=CCN(CC=C)S(=O)(=O)c1ccc(C(=O)N2CCN(c3nc4c(OCC)cccc4s3)CC2)cc1. The summed E-state index contributed by atoms with van der Waals surface area (Å²) in [4.78, 5) is 22.0. The molecule has 4 rings (SSSR count). The first-order chi connectivity index (χ1) is 17.4. The van der Waals surface area contributed by atoms with Crippen molar-refractivity contribution in [2.24, 2.45) is 0 Å². The maximum atomic E-state index is 13.1. The van der Waals surface area contributed by atoms with Crippen LogP contribution in [0.15, 0.2) is 72.7 Å². The highest BCUT2D eigenvalue weighted by atomic mass is 32.2. The summed E-state index contributed by atoms with van der Waals surface area (Å²) in [6.07, 6.45) is 3.07. The number of rotatable bonds is 10. The van der Waals surface area contributed by atoms with Crippen LogP contribution >= 0.6 is 11.3 Å². The smallest absolute Gasteiger partial charge is 0.253 e. The van der Waals surface area contributed by atoms with Gasteiger partial charge in [0.15, 0.2) is 5.13 Å². The van der Waals surface area contributed by atoms with Gasteiger partial charge in [-0.15, -0.1) is 13.2 Å². The van der Waals surface area contributed by atoms with E-state index in [9.17, 15) is 13.2 Å². The molecule has 1 aliphatic rings. The highest BCUT2D eigenvalue weighted by Crippen LogP contribution is 2.34. The minimum Gasteiger partial charge on any atom is -0.492 e. The summed E-state index contributed by atoms with van der Waals surface area (Å²) in [6, 6.07) is 12.0. The standard InChI is InChI=1S/C26H30N4O4S2/c1-4-14-30(15-5-2)36(32,33)21-12-10-20(11-13-21)25(31)28-16-18-29(19-17-28)26-27-24-22(34-6-3)8-7-9-23(24)35-26/h4-5,7-13H,1-2,6,14-19H2,3H3. The molecule has 0 radical (unpaired) electrons. The average molecular weight is 527 g/mol. The van der Waals surface area contributed by atoms with Gasteiger partial charge in [0.25, 0.3) is 5.91 Å². The molecular formula is C26H30N4O4S2. The van der Waals surface area contributed by atoms with Crippen LogP contribution in [-0.2, 0) is 10.0 Å². The fourth-order valence-electron chi connectivity index (χ4n) is 4.08. The quantitative estimate of drug-likeness (QED) is 0.371. The second-order valence-electron chi connectivity index (χ2n) is 8.24. The van der Waals surface area contributed by atoms with Gasteiger partial charge in [0.1, 0.15) is 11.3 Å². The molecule has 0 aliphatic carbocycles. The molecule has 0 spiro atoms. The number of sulfonamides is 1. The van der Waals surface area contributed by atoms with E-state index in [0.29, 0.717) is 38.3 Å². The zero-order chi connectivity index (χ0) is 25.7. The van der Waals surface area contributed by atoms with E-state index >= 15 is 0 Å². The second kappa shape index (κ2) is 11.2. The molecule has 2 aromatic carbocycles. The van der Waals surface area contributed by atoms with Crippen molar-refractivity contribution in [1.29, 1.82) is 0 Å². The molecule has 36 heavy (non-hydrogen) atoms. The summed E-state index contributed by atoms with van der Waals surface area (Å²) < 4.78 is 33.9. The Kier molecular flexibility index (Phi) is 8.07. The number of aromatic nitrogens is 1. The minimum atomic E-state index is -3.70. The van der Waals surface area contributed by atoms with Crippen LogP contribution in [0.5, 0.6) is 5.75 Å². The number of fused-ring (bicyclic) bond motifs is 1. The summed E-state index contributed by atoms with van der Waals surface area (Å²) in [6.45, 7) is 12.6. The van der Waals surface area contributed by atoms with E-state index in [1.165, 1.54) is 28.6 Å². The highest BCUT2D eigenvalue weighted by molar-refractivity contribution is 7.89. The molecule has 190 valence electrons. The van der Waals surface area contributed by atoms with Crippen molar-refractivity contribution in [3.8, 4) is 5.75 Å². The van der Waals surface area contributed by atoms with E-state index in [2.05, 4.69) is 18.1 Å². The number of benzene rings is 2. The number of piperazine rings is 1. The lowest BCUT2D eigenvalue weighted by Gasteiger charge is -2.34. The molecule has 8 nitrogen and oxygen atoms in total. The van der Waals surface area contributed by atoms with E-state index in [4.69, 9.17) is 9.72 Å². The Morgan fingerprint density at radius 2 is 1.75 bits per heavy atom. The van der Waals surface area contributed by atoms with Crippen LogP contribution in [0, 0.1) is 0 Å². The summed E-state index contributed by atoms with van der Waals surface area (Å²) in [5, 5.41) is 0.919. The van der Waals surface area contributed by atoms with Crippen molar-refractivity contribution in [2.45, 2.75) is 11.8 Å². The molecule has 3 aromatic rings. The van der Waals surface area contributed by atoms with Gasteiger partial charge < -0.3 is 14.5 Å². The lowest BCUT2D eigenvalue weighted by molar-refractivity contribution is 0.0746. The predicted octanol–water partition coefficient (Wildman–Crippen LogP) is 4.02. The summed E-state index contributed by atoms with van der Waals surface area (Å²) >= 11 is 1.62. The number of para-hydroxylation sites is 1. The molecule has 0 bridgehead atoms. The molecule has 10 heteroatoms. The number of thiazole rings is 1. The van der Waals surface area contributed by atoms with Gasteiger partial charge in [-0.05, 0) is 43.3 Å². The summed E-state index contributed by atoms with van der Waals surface area (Å²) in [5.74, 6) is 0.671. The number of ether oxygens (including phenoxy) is 1. The number of amides is 1. The molecule has 0 unspecified atom stereocenters. The third-order valence-electron chi connectivity index (χ3n) is 5.91. The Morgan fingerprint density at radius 3 is 2.36 bits per heavy atom. The first-order valence-corrected chi connectivity index (χ1v) is 14.0. The van der Waals surface area contributed by atoms with Crippen LogP contribution in [0.2, 0.25) is 0 Å². The van der Waals surface area contributed by atoms with Crippen LogP contribution in [0.3, 0.4) is 0 Å². The number of carbonyl (C=O) groups excluding carboxylic acids is 1. The second-order valence-corrected chi connectivity index (χ2v) is 11.2. The third kappa shape index (κ3) is 5.30.